The molecular weight excluding hydrogens is 534 g/mol. The van der Waals surface area contributed by atoms with Gasteiger partial charge in [-0.25, -0.2) is 0 Å². The molecule has 0 aromatic heterocycles. The van der Waals surface area contributed by atoms with Crippen molar-refractivity contribution in [3.63, 3.8) is 0 Å². The third-order valence-corrected chi connectivity index (χ3v) is 7.87. The lowest BCUT2D eigenvalue weighted by atomic mass is 9.92. The van der Waals surface area contributed by atoms with Gasteiger partial charge < -0.3 is 30.1 Å². The Kier molecular flexibility index (Phi) is 15.4. The molecule has 9 nitrogen and oxygen atoms in total. The van der Waals surface area contributed by atoms with Crippen molar-refractivity contribution in [1.29, 1.82) is 0 Å². The second kappa shape index (κ2) is 18.5. The molecule has 0 radical (unpaired) electrons. The van der Waals surface area contributed by atoms with Crippen LogP contribution in [0.3, 0.4) is 0 Å². The molecular formula is C33H53N3O6. The molecule has 9 heteroatoms. The predicted octanol–water partition coefficient (Wildman–Crippen LogP) is 4.61. The fourth-order valence-electron chi connectivity index (χ4n) is 5.53. The molecule has 1 aromatic carbocycles. The lowest BCUT2D eigenvalue weighted by Crippen LogP contribution is -2.52. The Hall–Kier alpha value is -3.07. The van der Waals surface area contributed by atoms with Crippen LogP contribution in [0.15, 0.2) is 30.4 Å². The Morgan fingerprint density at radius 3 is 2.50 bits per heavy atom. The van der Waals surface area contributed by atoms with Gasteiger partial charge in [0.05, 0.1) is 26.9 Å². The Bertz CT molecular complexity index is 1030. The van der Waals surface area contributed by atoms with Crippen molar-refractivity contribution in [1.82, 2.24) is 15.5 Å². The highest BCUT2D eigenvalue weighted by atomic mass is 16.5. The fraction of sp³-hybridized carbons (Fsp3) is 0.667. The van der Waals surface area contributed by atoms with Gasteiger partial charge in [-0.15, -0.1) is 0 Å². The summed E-state index contributed by atoms with van der Waals surface area (Å²) < 4.78 is 10.8. The number of methoxy groups -OCH3 is 2. The molecule has 1 heterocycles. The van der Waals surface area contributed by atoms with Crippen molar-refractivity contribution >= 4 is 17.7 Å². The standard InChI is InChI=1S/C33H53N3O6/c1-7-13-24-14-11-9-8-10-12-15-25(19-27(22-37)34-32(39)29(18-23(2)3)35-31(24)38)33(40)36(4)21-26-16-17-28(41-5)20-30(26)42-6/h10,12,16-17,20,23-25,27,29,37H,7-9,11,13-15,18-19,21-22H2,1-6H3,(H,34,39)(H,35,38)/b12-10-/t24?,25?,27-,29-/m0/s1. The number of aliphatic hydroxyl groups is 1. The maximum absolute atomic E-state index is 13.7. The molecule has 4 atom stereocenters. The van der Waals surface area contributed by atoms with Gasteiger partial charge in [0, 0.05) is 37.1 Å². The maximum atomic E-state index is 13.7. The van der Waals surface area contributed by atoms with Crippen LogP contribution in [0.1, 0.15) is 84.1 Å². The number of allylic oxidation sites excluding steroid dienone is 2. The van der Waals surface area contributed by atoms with E-state index in [2.05, 4.69) is 23.6 Å². The summed E-state index contributed by atoms with van der Waals surface area (Å²) in [5.41, 5.74) is 0.846. The molecule has 3 amide bonds. The van der Waals surface area contributed by atoms with Gasteiger partial charge in [0.2, 0.25) is 17.7 Å². The van der Waals surface area contributed by atoms with Gasteiger partial charge in [-0.05, 0) is 63.0 Å². The lowest BCUT2D eigenvalue weighted by molar-refractivity contribution is -0.136. The van der Waals surface area contributed by atoms with Crippen LogP contribution in [0.4, 0.5) is 0 Å². The molecule has 1 aliphatic heterocycles. The highest BCUT2D eigenvalue weighted by Gasteiger charge is 2.30. The van der Waals surface area contributed by atoms with Gasteiger partial charge in [0.25, 0.3) is 0 Å². The topological polar surface area (TPSA) is 117 Å². The van der Waals surface area contributed by atoms with Gasteiger partial charge in [0.15, 0.2) is 0 Å². The van der Waals surface area contributed by atoms with Gasteiger partial charge in [-0.3, -0.25) is 14.4 Å². The van der Waals surface area contributed by atoms with E-state index in [1.807, 2.05) is 32.1 Å². The second-order valence-electron chi connectivity index (χ2n) is 11.9. The van der Waals surface area contributed by atoms with Crippen LogP contribution in [0, 0.1) is 17.8 Å². The normalized spacial score (nSPS) is 23.5. The molecule has 236 valence electrons. The quantitative estimate of drug-likeness (QED) is 0.344. The summed E-state index contributed by atoms with van der Waals surface area (Å²) in [4.78, 5) is 42.0. The zero-order chi connectivity index (χ0) is 31.1. The first-order chi connectivity index (χ1) is 20.1. The Labute approximate surface area is 252 Å². The van der Waals surface area contributed by atoms with Crippen molar-refractivity contribution in [2.45, 2.75) is 97.2 Å². The highest BCUT2D eigenvalue weighted by molar-refractivity contribution is 5.88. The first-order valence-corrected chi connectivity index (χ1v) is 15.5. The van der Waals surface area contributed by atoms with Gasteiger partial charge in [-0.2, -0.15) is 0 Å². The van der Waals surface area contributed by atoms with E-state index in [1.54, 1.807) is 32.2 Å². The van der Waals surface area contributed by atoms with E-state index in [0.717, 1.165) is 44.1 Å². The van der Waals surface area contributed by atoms with Crippen LogP contribution in [-0.4, -0.2) is 67.7 Å². The Morgan fingerprint density at radius 1 is 1.10 bits per heavy atom. The number of benzene rings is 1. The van der Waals surface area contributed by atoms with Gasteiger partial charge in [-0.1, -0.05) is 45.8 Å². The number of nitrogens with zero attached hydrogens (tertiary/aromatic N) is 1. The lowest BCUT2D eigenvalue weighted by Gasteiger charge is -2.29. The monoisotopic (exact) mass is 587 g/mol. The molecule has 2 rings (SSSR count). The number of carbonyl (C=O) groups is 3. The van der Waals surface area contributed by atoms with Crippen LogP contribution in [0.25, 0.3) is 0 Å². The number of aliphatic hydroxyl groups excluding tert-OH is 1. The van der Waals surface area contributed by atoms with Crippen LogP contribution >= 0.6 is 0 Å². The molecule has 1 aromatic rings. The number of rotatable bonds is 10. The molecule has 3 N–H and O–H groups in total. The van der Waals surface area contributed by atoms with E-state index in [0.29, 0.717) is 30.9 Å². The second-order valence-corrected chi connectivity index (χ2v) is 11.9. The van der Waals surface area contributed by atoms with Crippen molar-refractivity contribution in [2.24, 2.45) is 17.8 Å². The Balaban J connectivity index is 2.28. The number of carbonyl (C=O) groups excluding carboxylic acids is 3. The molecule has 0 bridgehead atoms. The van der Waals surface area contributed by atoms with Crippen molar-refractivity contribution in [3.8, 4) is 11.5 Å². The van der Waals surface area contributed by atoms with Crippen LogP contribution in [0.5, 0.6) is 11.5 Å². The largest absolute Gasteiger partial charge is 0.497 e. The Morgan fingerprint density at radius 2 is 1.86 bits per heavy atom. The minimum absolute atomic E-state index is 0.0792. The number of nitrogens with one attached hydrogen (secondary N) is 2. The summed E-state index contributed by atoms with van der Waals surface area (Å²) in [5.74, 6) is 0.430. The van der Waals surface area contributed by atoms with E-state index < -0.39 is 18.0 Å². The van der Waals surface area contributed by atoms with E-state index in [4.69, 9.17) is 9.47 Å². The van der Waals surface area contributed by atoms with E-state index >= 15 is 0 Å². The third-order valence-electron chi connectivity index (χ3n) is 7.87. The molecule has 0 saturated carbocycles. The van der Waals surface area contributed by atoms with Crippen LogP contribution in [-0.2, 0) is 20.9 Å². The molecule has 1 aliphatic rings. The van der Waals surface area contributed by atoms with Gasteiger partial charge in [0.1, 0.15) is 17.5 Å². The van der Waals surface area contributed by atoms with Gasteiger partial charge >= 0.3 is 0 Å². The average molecular weight is 588 g/mol. The summed E-state index contributed by atoms with van der Waals surface area (Å²) in [6, 6.07) is 4.18. The summed E-state index contributed by atoms with van der Waals surface area (Å²) in [7, 11) is 4.93. The minimum atomic E-state index is -0.696. The molecule has 2 unspecified atom stereocenters. The fourth-order valence-corrected chi connectivity index (χ4v) is 5.53. The predicted molar refractivity (Wildman–Crippen MR) is 165 cm³/mol. The summed E-state index contributed by atoms with van der Waals surface area (Å²) in [5, 5.41) is 16.2. The zero-order valence-corrected chi connectivity index (χ0v) is 26.5. The zero-order valence-electron chi connectivity index (χ0n) is 26.5. The van der Waals surface area contributed by atoms with Crippen molar-refractivity contribution in [3.05, 3.63) is 35.9 Å². The first kappa shape index (κ1) is 35.1. The smallest absolute Gasteiger partial charge is 0.242 e. The van der Waals surface area contributed by atoms with Crippen LogP contribution in [0.2, 0.25) is 0 Å². The van der Waals surface area contributed by atoms with Crippen molar-refractivity contribution in [2.75, 3.05) is 27.9 Å². The molecule has 0 aliphatic carbocycles. The number of amides is 3. The third kappa shape index (κ3) is 11.3. The SMILES string of the molecule is CCCC1CCCC/C=C\CC(C(=O)N(C)Cc2ccc(OC)cc2OC)C[C@@H](CO)NC(=O)[C@H](CC(C)C)NC1=O. The maximum Gasteiger partial charge on any atom is 0.242 e. The molecule has 42 heavy (non-hydrogen) atoms. The average Bonchev–Trinajstić information content (AvgIpc) is 2.97. The molecule has 0 saturated heterocycles. The molecule has 0 fully saturated rings. The highest BCUT2D eigenvalue weighted by Crippen LogP contribution is 2.27. The van der Waals surface area contributed by atoms with E-state index in [-0.39, 0.29) is 42.6 Å². The molecule has 0 spiro atoms. The van der Waals surface area contributed by atoms with E-state index in [1.165, 1.54) is 0 Å². The van der Waals surface area contributed by atoms with E-state index in [9.17, 15) is 19.5 Å². The number of hydrogen-bond acceptors (Lipinski definition) is 6. The van der Waals surface area contributed by atoms with Crippen molar-refractivity contribution < 1.29 is 29.0 Å². The van der Waals surface area contributed by atoms with Crippen LogP contribution < -0.4 is 20.1 Å². The number of hydrogen-bond donors (Lipinski definition) is 3. The summed E-state index contributed by atoms with van der Waals surface area (Å²) >= 11 is 0. The minimum Gasteiger partial charge on any atom is -0.497 e. The summed E-state index contributed by atoms with van der Waals surface area (Å²) in [6.45, 7) is 6.13. The summed E-state index contributed by atoms with van der Waals surface area (Å²) in [6.07, 6.45) is 10.6. The number of ether oxygens (including phenoxy) is 2. The first-order valence-electron chi connectivity index (χ1n) is 15.5.